The molecule has 0 unspecified atom stereocenters. The van der Waals surface area contributed by atoms with Crippen LogP contribution in [0.25, 0.3) is 6.08 Å². The molecule has 1 saturated heterocycles. The Balaban J connectivity index is 1.56. The van der Waals surface area contributed by atoms with Gasteiger partial charge in [0.15, 0.2) is 0 Å². The number of nitro groups is 1. The fourth-order valence-corrected chi connectivity index (χ4v) is 2.63. The average Bonchev–Trinajstić information content (AvgIpc) is 3.26. The van der Waals surface area contributed by atoms with E-state index in [-0.39, 0.29) is 11.6 Å². The third kappa shape index (κ3) is 2.80. The van der Waals surface area contributed by atoms with Gasteiger partial charge in [-0.1, -0.05) is 0 Å². The van der Waals surface area contributed by atoms with Gasteiger partial charge < -0.3 is 10.0 Å². The van der Waals surface area contributed by atoms with E-state index in [2.05, 4.69) is 0 Å². The van der Waals surface area contributed by atoms with E-state index in [1.165, 1.54) is 18.2 Å². The van der Waals surface area contributed by atoms with Crippen molar-refractivity contribution in [2.24, 2.45) is 5.92 Å². The molecule has 0 aromatic heterocycles. The van der Waals surface area contributed by atoms with Gasteiger partial charge in [0.1, 0.15) is 5.60 Å². The number of hydrogen-bond donors (Lipinski definition) is 1. The average molecular weight is 288 g/mol. The second-order valence-corrected chi connectivity index (χ2v) is 5.75. The summed E-state index contributed by atoms with van der Waals surface area (Å²) < 4.78 is 0. The summed E-state index contributed by atoms with van der Waals surface area (Å²) in [6.45, 7) is 0.808. The zero-order valence-corrected chi connectivity index (χ0v) is 11.4. The molecular formula is C15H16N2O4. The van der Waals surface area contributed by atoms with E-state index in [9.17, 15) is 20.0 Å². The van der Waals surface area contributed by atoms with Crippen molar-refractivity contribution >= 4 is 17.7 Å². The summed E-state index contributed by atoms with van der Waals surface area (Å²) in [5.41, 5.74) is 0.0827. The lowest BCUT2D eigenvalue weighted by Crippen LogP contribution is -2.64. The number of rotatable bonds is 4. The van der Waals surface area contributed by atoms with Crippen molar-refractivity contribution in [1.82, 2.24) is 4.90 Å². The van der Waals surface area contributed by atoms with Crippen LogP contribution in [0.5, 0.6) is 0 Å². The van der Waals surface area contributed by atoms with E-state index in [1.54, 1.807) is 23.1 Å². The molecule has 0 bridgehead atoms. The molecule has 2 fully saturated rings. The summed E-state index contributed by atoms with van der Waals surface area (Å²) >= 11 is 0. The van der Waals surface area contributed by atoms with E-state index in [4.69, 9.17) is 0 Å². The van der Waals surface area contributed by atoms with Gasteiger partial charge in [0.25, 0.3) is 5.69 Å². The molecule has 1 amide bonds. The molecule has 1 aromatic carbocycles. The predicted octanol–water partition coefficient (Wildman–Crippen LogP) is 1.59. The highest BCUT2D eigenvalue weighted by atomic mass is 16.6. The zero-order valence-electron chi connectivity index (χ0n) is 11.4. The monoisotopic (exact) mass is 288 g/mol. The second-order valence-electron chi connectivity index (χ2n) is 5.75. The Morgan fingerprint density at radius 2 is 1.95 bits per heavy atom. The van der Waals surface area contributed by atoms with Crippen LogP contribution in [0.15, 0.2) is 30.3 Å². The van der Waals surface area contributed by atoms with Crippen LogP contribution in [-0.4, -0.2) is 39.5 Å². The number of aliphatic hydroxyl groups is 1. The van der Waals surface area contributed by atoms with Crippen LogP contribution in [0.3, 0.4) is 0 Å². The highest BCUT2D eigenvalue weighted by Gasteiger charge is 2.52. The highest BCUT2D eigenvalue weighted by molar-refractivity contribution is 5.92. The minimum atomic E-state index is -0.670. The molecule has 1 saturated carbocycles. The topological polar surface area (TPSA) is 83.7 Å². The summed E-state index contributed by atoms with van der Waals surface area (Å²) in [6.07, 6.45) is 5.17. The number of likely N-dealkylation sites (tertiary alicyclic amines) is 1. The molecule has 1 N–H and O–H groups in total. The molecule has 1 aliphatic carbocycles. The van der Waals surface area contributed by atoms with Gasteiger partial charge in [-0.15, -0.1) is 0 Å². The van der Waals surface area contributed by atoms with E-state index < -0.39 is 10.5 Å². The Bertz CT molecular complexity index is 599. The van der Waals surface area contributed by atoms with Crippen LogP contribution < -0.4 is 0 Å². The van der Waals surface area contributed by atoms with Crippen LogP contribution in [0, 0.1) is 16.0 Å². The summed E-state index contributed by atoms with van der Waals surface area (Å²) in [4.78, 5) is 23.6. The molecule has 6 nitrogen and oxygen atoms in total. The maximum absolute atomic E-state index is 11.9. The standard InChI is InChI=1S/C15H16N2O4/c18-14(16-9-15(19,10-16)12-4-5-12)8-3-11-1-6-13(7-2-11)17(20)21/h1-3,6-8,12,19H,4-5,9-10H2. The number of nitrogens with zero attached hydrogens (tertiary/aromatic N) is 2. The number of carbonyl (C=O) groups is 1. The first-order valence-corrected chi connectivity index (χ1v) is 6.92. The van der Waals surface area contributed by atoms with Crippen LogP contribution in [-0.2, 0) is 4.79 Å². The number of amides is 1. The third-order valence-electron chi connectivity index (χ3n) is 4.10. The summed E-state index contributed by atoms with van der Waals surface area (Å²) in [7, 11) is 0. The first-order chi connectivity index (χ1) is 9.98. The Kier molecular flexibility index (Phi) is 3.25. The number of non-ortho nitro benzene ring substituents is 1. The predicted molar refractivity (Wildman–Crippen MR) is 76.4 cm³/mol. The lowest BCUT2D eigenvalue weighted by Gasteiger charge is -2.46. The molecule has 3 rings (SSSR count). The Morgan fingerprint density at radius 1 is 1.33 bits per heavy atom. The molecule has 0 spiro atoms. The Labute approximate surface area is 121 Å². The molecule has 110 valence electrons. The van der Waals surface area contributed by atoms with Crippen molar-refractivity contribution in [3.8, 4) is 0 Å². The smallest absolute Gasteiger partial charge is 0.269 e. The second kappa shape index (κ2) is 4.96. The van der Waals surface area contributed by atoms with Gasteiger partial charge in [0.05, 0.1) is 18.0 Å². The van der Waals surface area contributed by atoms with Gasteiger partial charge in [-0.3, -0.25) is 14.9 Å². The zero-order chi connectivity index (χ0) is 15.0. The van der Waals surface area contributed by atoms with Crippen molar-refractivity contribution in [2.75, 3.05) is 13.1 Å². The lowest BCUT2D eigenvalue weighted by molar-refractivity contribution is -0.384. The quantitative estimate of drug-likeness (QED) is 0.518. The summed E-state index contributed by atoms with van der Waals surface area (Å²) in [6, 6.07) is 6.00. The fourth-order valence-electron chi connectivity index (χ4n) is 2.63. The largest absolute Gasteiger partial charge is 0.386 e. The molecule has 1 aliphatic heterocycles. The van der Waals surface area contributed by atoms with E-state index >= 15 is 0 Å². The van der Waals surface area contributed by atoms with Crippen LogP contribution in [0.2, 0.25) is 0 Å². The van der Waals surface area contributed by atoms with Gasteiger partial charge >= 0.3 is 0 Å². The van der Waals surface area contributed by atoms with E-state index in [0.717, 1.165) is 18.4 Å². The fraction of sp³-hybridized carbons (Fsp3) is 0.400. The molecule has 0 atom stereocenters. The van der Waals surface area contributed by atoms with Crippen LogP contribution in [0.1, 0.15) is 18.4 Å². The number of hydrogen-bond acceptors (Lipinski definition) is 4. The maximum Gasteiger partial charge on any atom is 0.269 e. The van der Waals surface area contributed by atoms with E-state index in [0.29, 0.717) is 19.0 Å². The Hall–Kier alpha value is -2.21. The third-order valence-corrected chi connectivity index (χ3v) is 4.10. The molecule has 1 heterocycles. The SMILES string of the molecule is O=C(C=Cc1ccc([N+](=O)[O-])cc1)N1CC(O)(C2CC2)C1. The summed E-state index contributed by atoms with van der Waals surface area (Å²) in [5.74, 6) is 0.221. The van der Waals surface area contributed by atoms with Gasteiger partial charge in [-0.25, -0.2) is 0 Å². The van der Waals surface area contributed by atoms with Gasteiger partial charge in [-0.05, 0) is 42.5 Å². The maximum atomic E-state index is 11.9. The number of carbonyl (C=O) groups excluding carboxylic acids is 1. The molecular weight excluding hydrogens is 272 g/mol. The van der Waals surface area contributed by atoms with Crippen molar-refractivity contribution in [3.05, 3.63) is 46.0 Å². The normalized spacial score (nSPS) is 20.3. The van der Waals surface area contributed by atoms with Crippen molar-refractivity contribution < 1.29 is 14.8 Å². The van der Waals surface area contributed by atoms with Gasteiger partial charge in [0, 0.05) is 18.2 Å². The van der Waals surface area contributed by atoms with Crippen LogP contribution in [0.4, 0.5) is 5.69 Å². The molecule has 2 aliphatic rings. The molecule has 21 heavy (non-hydrogen) atoms. The number of β-amino-alcohol motifs (C(OH)–C–C–N with tert-alkyl or cyclic N) is 1. The first kappa shape index (κ1) is 13.8. The lowest BCUT2D eigenvalue weighted by atomic mass is 9.88. The van der Waals surface area contributed by atoms with E-state index in [1.807, 2.05) is 0 Å². The van der Waals surface area contributed by atoms with Crippen LogP contribution >= 0.6 is 0 Å². The number of benzene rings is 1. The van der Waals surface area contributed by atoms with Gasteiger partial charge in [-0.2, -0.15) is 0 Å². The molecule has 6 heteroatoms. The molecule has 1 aromatic rings. The molecule has 0 radical (unpaired) electrons. The highest BCUT2D eigenvalue weighted by Crippen LogP contribution is 2.44. The van der Waals surface area contributed by atoms with Crippen molar-refractivity contribution in [1.29, 1.82) is 0 Å². The summed E-state index contributed by atoms with van der Waals surface area (Å²) in [5, 5.41) is 20.7. The minimum Gasteiger partial charge on any atom is -0.386 e. The van der Waals surface area contributed by atoms with Crippen molar-refractivity contribution in [3.63, 3.8) is 0 Å². The Morgan fingerprint density at radius 3 is 2.48 bits per heavy atom. The minimum absolute atomic E-state index is 0.0238. The van der Waals surface area contributed by atoms with Crippen molar-refractivity contribution in [2.45, 2.75) is 18.4 Å². The first-order valence-electron chi connectivity index (χ1n) is 6.92. The number of nitro benzene ring substituents is 1. The van der Waals surface area contributed by atoms with Gasteiger partial charge in [0.2, 0.25) is 5.91 Å².